The van der Waals surface area contributed by atoms with E-state index >= 15 is 0 Å². The van der Waals surface area contributed by atoms with Crippen molar-refractivity contribution in [2.24, 2.45) is 17.3 Å². The summed E-state index contributed by atoms with van der Waals surface area (Å²) < 4.78 is 0. The Morgan fingerprint density at radius 1 is 1.08 bits per heavy atom. The fraction of sp³-hybridized carbons (Fsp3) is 0.720. The Morgan fingerprint density at radius 3 is 2.46 bits per heavy atom. The van der Waals surface area contributed by atoms with Gasteiger partial charge in [0.25, 0.3) is 0 Å². The Morgan fingerprint density at radius 2 is 1.77 bits per heavy atom. The highest BCUT2D eigenvalue weighted by atomic mass is 16.1. The molecule has 4 atom stereocenters. The van der Waals surface area contributed by atoms with E-state index in [0.29, 0.717) is 11.7 Å². The van der Waals surface area contributed by atoms with E-state index in [1.165, 1.54) is 37.7 Å². The van der Waals surface area contributed by atoms with E-state index in [-0.39, 0.29) is 5.41 Å². The Kier molecular flexibility index (Phi) is 7.50. The number of aryl methyl sites for hydroxylation is 2. The number of hydrogen-bond acceptors (Lipinski definition) is 1. The first kappa shape index (κ1) is 21.2. The molecule has 3 aliphatic rings. The maximum atomic E-state index is 12.5. The van der Waals surface area contributed by atoms with Crippen LogP contribution in [0.5, 0.6) is 0 Å². The number of benzene rings is 1. The zero-order chi connectivity index (χ0) is 19.3. The van der Waals surface area contributed by atoms with E-state index in [9.17, 15) is 4.79 Å². The lowest BCUT2D eigenvalue weighted by atomic mass is 9.50. The van der Waals surface area contributed by atoms with E-state index in [2.05, 4.69) is 45.9 Å². The molecule has 0 aliphatic heterocycles. The number of fused-ring (bicyclic) bond motifs is 5. The highest BCUT2D eigenvalue weighted by Crippen LogP contribution is 2.58. The molecule has 2 fully saturated rings. The van der Waals surface area contributed by atoms with Crippen LogP contribution in [0.2, 0.25) is 0 Å². The third-order valence-electron chi connectivity index (χ3n) is 6.83. The predicted octanol–water partition coefficient (Wildman–Crippen LogP) is 7.25. The molecular weight excluding hydrogens is 316 g/mol. The first-order valence-corrected chi connectivity index (χ1v) is 11.1. The van der Waals surface area contributed by atoms with Crippen LogP contribution in [0.4, 0.5) is 0 Å². The topological polar surface area (TPSA) is 17.1 Å². The van der Waals surface area contributed by atoms with E-state index in [1.807, 2.05) is 13.8 Å². The van der Waals surface area contributed by atoms with Crippen molar-refractivity contribution in [3.63, 3.8) is 0 Å². The van der Waals surface area contributed by atoms with Gasteiger partial charge in [-0.25, -0.2) is 0 Å². The second kappa shape index (κ2) is 9.20. The molecule has 0 spiro atoms. The second-order valence-electron chi connectivity index (χ2n) is 8.60. The molecular formula is C25H40O. The van der Waals surface area contributed by atoms with Crippen LogP contribution >= 0.6 is 0 Å². The lowest BCUT2D eigenvalue weighted by Crippen LogP contribution is -2.49. The summed E-state index contributed by atoms with van der Waals surface area (Å²) in [6, 6.07) is 7.06. The van der Waals surface area contributed by atoms with Crippen molar-refractivity contribution < 1.29 is 4.79 Å². The quantitative estimate of drug-likeness (QED) is 0.478. The average Bonchev–Trinajstić information content (AvgIpc) is 2.64. The summed E-state index contributed by atoms with van der Waals surface area (Å²) in [6.45, 7) is 12.7. The van der Waals surface area contributed by atoms with Crippen LogP contribution in [-0.4, -0.2) is 5.78 Å². The molecule has 1 nitrogen and oxygen atoms in total. The van der Waals surface area contributed by atoms with Crippen molar-refractivity contribution in [3.05, 3.63) is 34.9 Å². The molecule has 0 N–H and O–H groups in total. The number of ketones is 1. The summed E-state index contributed by atoms with van der Waals surface area (Å²) >= 11 is 0. The highest BCUT2D eigenvalue weighted by molar-refractivity contribution is 5.85. The van der Waals surface area contributed by atoms with Crippen LogP contribution in [0.3, 0.4) is 0 Å². The van der Waals surface area contributed by atoms with Gasteiger partial charge in [-0.2, -0.15) is 0 Å². The van der Waals surface area contributed by atoms with Gasteiger partial charge in [-0.1, -0.05) is 64.8 Å². The summed E-state index contributed by atoms with van der Waals surface area (Å²) in [6.07, 6.45) is 9.35. The zero-order valence-corrected chi connectivity index (χ0v) is 18.0. The van der Waals surface area contributed by atoms with Gasteiger partial charge < -0.3 is 0 Å². The molecule has 0 saturated heterocycles. The molecule has 0 bridgehead atoms. The molecule has 1 aromatic carbocycles. The van der Waals surface area contributed by atoms with E-state index in [4.69, 9.17) is 0 Å². The summed E-state index contributed by atoms with van der Waals surface area (Å²) in [7, 11) is 0. The molecule has 1 aromatic rings. The first-order valence-electron chi connectivity index (χ1n) is 11.1. The van der Waals surface area contributed by atoms with Gasteiger partial charge in [0, 0.05) is 11.8 Å². The SMILES string of the molecule is CC.CCC.Cc1ccc2c(c1)CCC1[C@@H]2CCC2(C)C(=O)CCC[C@@H]12. The smallest absolute Gasteiger partial charge is 0.139 e. The molecule has 0 aromatic heterocycles. The minimum Gasteiger partial charge on any atom is -0.299 e. The van der Waals surface area contributed by atoms with E-state index in [1.54, 1.807) is 11.1 Å². The molecule has 0 radical (unpaired) electrons. The fourth-order valence-corrected chi connectivity index (χ4v) is 5.68. The molecule has 1 heteroatoms. The molecule has 2 unspecified atom stereocenters. The molecule has 2 saturated carbocycles. The first-order chi connectivity index (χ1) is 12.5. The average molecular weight is 357 g/mol. The maximum absolute atomic E-state index is 12.5. The largest absolute Gasteiger partial charge is 0.299 e. The standard InChI is InChI=1S/C20H26O.C3H8.C2H6/c1-13-6-8-15-14(12-13)7-9-17-16(15)10-11-20(2)18(17)4-3-5-19(20)21;1-3-2;1-2/h6,8,12,16-18H,3-5,7,9-11H2,1-2H3;3H2,1-2H3;1-2H3/t16-,17?,18+,20?;;/m1../s1. The normalized spacial score (nSPS) is 31.9. The van der Waals surface area contributed by atoms with E-state index in [0.717, 1.165) is 31.1 Å². The molecule has 0 amide bonds. The number of carbonyl (C=O) groups is 1. The van der Waals surface area contributed by atoms with Gasteiger partial charge >= 0.3 is 0 Å². The third-order valence-corrected chi connectivity index (χ3v) is 6.83. The Bertz CT molecular complexity index is 602. The molecule has 26 heavy (non-hydrogen) atoms. The molecule has 3 aliphatic carbocycles. The van der Waals surface area contributed by atoms with E-state index < -0.39 is 0 Å². The second-order valence-corrected chi connectivity index (χ2v) is 8.60. The fourth-order valence-electron chi connectivity index (χ4n) is 5.68. The van der Waals surface area contributed by atoms with Crippen LogP contribution < -0.4 is 0 Å². The van der Waals surface area contributed by atoms with Crippen LogP contribution in [0.15, 0.2) is 18.2 Å². The van der Waals surface area contributed by atoms with Gasteiger partial charge in [0.05, 0.1) is 0 Å². The van der Waals surface area contributed by atoms with Crippen molar-refractivity contribution in [2.45, 2.75) is 98.8 Å². The Hall–Kier alpha value is -1.11. The monoisotopic (exact) mass is 356 g/mol. The van der Waals surface area contributed by atoms with Crippen LogP contribution in [-0.2, 0) is 11.2 Å². The number of carbonyl (C=O) groups excluding carboxylic acids is 1. The summed E-state index contributed by atoms with van der Waals surface area (Å²) in [5, 5.41) is 0. The maximum Gasteiger partial charge on any atom is 0.139 e. The van der Waals surface area contributed by atoms with Gasteiger partial charge in [0.1, 0.15) is 5.78 Å². The lowest BCUT2D eigenvalue weighted by molar-refractivity contribution is -0.140. The van der Waals surface area contributed by atoms with Crippen molar-refractivity contribution in [3.8, 4) is 0 Å². The Balaban J connectivity index is 0.000000444. The summed E-state index contributed by atoms with van der Waals surface area (Å²) in [4.78, 5) is 12.5. The minimum absolute atomic E-state index is 0.00160. The van der Waals surface area contributed by atoms with Gasteiger partial charge in [-0.05, 0) is 74.3 Å². The van der Waals surface area contributed by atoms with Crippen molar-refractivity contribution >= 4 is 5.78 Å². The minimum atomic E-state index is 0.00160. The predicted molar refractivity (Wildman–Crippen MR) is 113 cm³/mol. The van der Waals surface area contributed by atoms with Gasteiger partial charge in [-0.15, -0.1) is 0 Å². The lowest BCUT2D eigenvalue weighted by Gasteiger charge is -2.53. The number of Topliss-reactive ketones (excluding diaryl/α,β-unsaturated/α-hetero) is 1. The van der Waals surface area contributed by atoms with Crippen LogP contribution in [0.1, 0.15) is 102 Å². The van der Waals surface area contributed by atoms with Crippen molar-refractivity contribution in [1.82, 2.24) is 0 Å². The number of rotatable bonds is 0. The molecule has 0 heterocycles. The van der Waals surface area contributed by atoms with Crippen molar-refractivity contribution in [1.29, 1.82) is 0 Å². The van der Waals surface area contributed by atoms with Gasteiger partial charge in [0.15, 0.2) is 0 Å². The summed E-state index contributed by atoms with van der Waals surface area (Å²) in [5.41, 5.74) is 4.58. The zero-order valence-electron chi connectivity index (χ0n) is 18.0. The molecule has 4 rings (SSSR count). The third kappa shape index (κ3) is 3.92. The number of hydrogen-bond donors (Lipinski definition) is 0. The van der Waals surface area contributed by atoms with Crippen LogP contribution in [0, 0.1) is 24.2 Å². The Labute approximate surface area is 162 Å². The van der Waals surface area contributed by atoms with Crippen molar-refractivity contribution in [2.75, 3.05) is 0 Å². The summed E-state index contributed by atoms with van der Waals surface area (Å²) in [5.74, 6) is 2.68. The van der Waals surface area contributed by atoms with Gasteiger partial charge in [0.2, 0.25) is 0 Å². The molecule has 146 valence electrons. The van der Waals surface area contributed by atoms with Gasteiger partial charge in [-0.3, -0.25) is 4.79 Å². The van der Waals surface area contributed by atoms with Crippen LogP contribution in [0.25, 0.3) is 0 Å². The highest BCUT2D eigenvalue weighted by Gasteiger charge is 2.52.